The Kier molecular flexibility index (Phi) is 11.8. The van der Waals surface area contributed by atoms with Gasteiger partial charge in [0, 0.05) is 38.9 Å². The lowest BCUT2D eigenvalue weighted by Crippen LogP contribution is -2.22. The summed E-state index contributed by atoms with van der Waals surface area (Å²) in [6, 6.07) is 19.8. The number of nitro benzene ring substituents is 1. The lowest BCUT2D eigenvalue weighted by Gasteiger charge is -2.16. The third-order valence-corrected chi connectivity index (χ3v) is 10.5. The number of ether oxygens (including phenoxy) is 2. The van der Waals surface area contributed by atoms with Crippen molar-refractivity contribution in [1.82, 2.24) is 49.9 Å². The number of nitro groups is 1. The first-order valence-electron chi connectivity index (χ1n) is 18.5. The number of carbonyl (C=O) groups is 1. The lowest BCUT2D eigenvalue weighted by molar-refractivity contribution is -0.385. The van der Waals surface area contributed by atoms with Crippen LogP contribution in [-0.4, -0.2) is 82.2 Å². The second kappa shape index (κ2) is 17.5. The van der Waals surface area contributed by atoms with Crippen LogP contribution in [0.3, 0.4) is 0 Å². The van der Waals surface area contributed by atoms with Crippen molar-refractivity contribution in [3.63, 3.8) is 0 Å². The molecule has 308 valence electrons. The van der Waals surface area contributed by atoms with Crippen LogP contribution in [0.4, 0.5) is 23.3 Å². The Bertz CT molecular complexity index is 2750. The maximum Gasteiger partial charge on any atom is 0.273 e. The molecule has 6 heterocycles. The van der Waals surface area contributed by atoms with Crippen LogP contribution in [0.1, 0.15) is 18.1 Å². The molecule has 0 bridgehead atoms. The molecule has 8 aromatic rings. The number of amides is 1. The first-order valence-corrected chi connectivity index (χ1v) is 22.2. The molecule has 5 N–H and O–H groups in total. The predicted molar refractivity (Wildman–Crippen MR) is 222 cm³/mol. The number of benzene rings is 2. The number of nitrogen functional groups attached to an aromatic ring is 2. The van der Waals surface area contributed by atoms with Crippen LogP contribution < -0.4 is 21.5 Å². The first kappa shape index (κ1) is 40.6. The summed E-state index contributed by atoms with van der Waals surface area (Å²) in [5.41, 5.74) is 16.8. The van der Waals surface area contributed by atoms with Gasteiger partial charge in [-0.15, -0.1) is 10.2 Å². The first-order chi connectivity index (χ1) is 28.8. The fourth-order valence-electron chi connectivity index (χ4n) is 5.82. The number of non-ortho nitro benzene ring substituents is 1. The number of aromatic nitrogens is 10. The number of furan rings is 2. The van der Waals surface area contributed by atoms with Crippen LogP contribution in [0.2, 0.25) is 25.7 Å². The molecule has 22 heteroatoms. The summed E-state index contributed by atoms with van der Waals surface area (Å²) >= 11 is 0. The number of anilines is 3. The Hall–Kier alpha value is -7.59. The van der Waals surface area contributed by atoms with Gasteiger partial charge in [0.2, 0.25) is 17.8 Å². The van der Waals surface area contributed by atoms with Crippen molar-refractivity contribution in [3.05, 3.63) is 100 Å². The van der Waals surface area contributed by atoms with E-state index in [1.165, 1.54) is 30.0 Å². The molecular weight excluding hydrogens is 793 g/mol. The minimum atomic E-state index is -1.24. The van der Waals surface area contributed by atoms with Crippen molar-refractivity contribution < 1.29 is 28.0 Å². The molecule has 6 aromatic heterocycles. The molecule has 0 radical (unpaired) electrons. The molecule has 0 unspecified atom stereocenters. The minimum Gasteiger partial charge on any atom is -0.467 e. The topological polar surface area (TPSA) is 282 Å². The molecule has 0 fully saturated rings. The van der Waals surface area contributed by atoms with Gasteiger partial charge in [-0.2, -0.15) is 9.97 Å². The van der Waals surface area contributed by atoms with E-state index in [1.54, 1.807) is 41.3 Å². The molecule has 0 saturated carbocycles. The van der Waals surface area contributed by atoms with Gasteiger partial charge in [0.05, 0.1) is 36.6 Å². The molecule has 0 aliphatic heterocycles. The fraction of sp³-hybridized carbons (Fsp3) is 0.237. The van der Waals surface area contributed by atoms with Gasteiger partial charge in [-0.3, -0.25) is 14.9 Å². The van der Waals surface area contributed by atoms with Crippen molar-refractivity contribution in [2.75, 3.05) is 30.2 Å². The van der Waals surface area contributed by atoms with Crippen LogP contribution in [-0.2, 0) is 22.6 Å². The Morgan fingerprint density at radius 2 is 1.42 bits per heavy atom. The van der Waals surface area contributed by atoms with E-state index in [-0.39, 0.29) is 36.8 Å². The van der Waals surface area contributed by atoms with E-state index in [2.05, 4.69) is 65.5 Å². The number of hydrogen-bond donors (Lipinski definition) is 3. The van der Waals surface area contributed by atoms with Gasteiger partial charge in [-0.25, -0.2) is 19.3 Å². The van der Waals surface area contributed by atoms with Crippen molar-refractivity contribution >= 4 is 59.6 Å². The van der Waals surface area contributed by atoms with Gasteiger partial charge in [0.25, 0.3) is 5.69 Å². The third kappa shape index (κ3) is 9.74. The van der Waals surface area contributed by atoms with Gasteiger partial charge in [-0.1, -0.05) is 42.2 Å². The highest BCUT2D eigenvalue weighted by atomic mass is 28.3. The molecule has 1 amide bonds. The number of nitrogens with two attached hydrogens (primary N) is 2. The van der Waals surface area contributed by atoms with Crippen LogP contribution in [0.5, 0.6) is 5.75 Å². The van der Waals surface area contributed by atoms with Crippen LogP contribution in [0.25, 0.3) is 45.2 Å². The van der Waals surface area contributed by atoms with E-state index >= 15 is 0 Å². The predicted octanol–water partition coefficient (Wildman–Crippen LogP) is 5.78. The smallest absolute Gasteiger partial charge is 0.273 e. The van der Waals surface area contributed by atoms with Crippen molar-refractivity contribution in [2.24, 2.45) is 0 Å². The molecule has 0 aliphatic carbocycles. The summed E-state index contributed by atoms with van der Waals surface area (Å²) in [7, 11) is -1.24. The average Bonchev–Trinajstić information content (AvgIpc) is 4.05. The number of nitrogens with one attached hydrogen (secondary N) is 1. The van der Waals surface area contributed by atoms with E-state index in [4.69, 9.17) is 29.8 Å². The Morgan fingerprint density at radius 1 is 0.833 bits per heavy atom. The molecule has 21 nitrogen and oxygen atoms in total. The lowest BCUT2D eigenvalue weighted by atomic mass is 10.2. The van der Waals surface area contributed by atoms with Gasteiger partial charge in [0.1, 0.15) is 17.1 Å². The average molecular weight is 833 g/mol. The van der Waals surface area contributed by atoms with Crippen molar-refractivity contribution in [3.8, 4) is 28.7 Å². The number of rotatable bonds is 14. The van der Waals surface area contributed by atoms with E-state index in [1.807, 2.05) is 24.3 Å². The van der Waals surface area contributed by atoms with E-state index in [9.17, 15) is 14.9 Å². The van der Waals surface area contributed by atoms with Gasteiger partial charge >= 0.3 is 0 Å². The van der Waals surface area contributed by atoms with E-state index in [0.717, 1.165) is 17.3 Å². The summed E-state index contributed by atoms with van der Waals surface area (Å²) in [6.07, 6.45) is 3.08. The number of nitrogens with zero attached hydrogens (tertiary/aromatic N) is 11. The third-order valence-electron chi connectivity index (χ3n) is 8.75. The molecular formula is C38H40N14O7Si. The van der Waals surface area contributed by atoms with Crippen molar-refractivity contribution in [2.45, 2.75) is 45.7 Å². The summed E-state index contributed by atoms with van der Waals surface area (Å²) in [5.74, 6) is 1.40. The van der Waals surface area contributed by atoms with Gasteiger partial charge in [0.15, 0.2) is 40.6 Å². The minimum absolute atomic E-state index is 0.0193. The largest absolute Gasteiger partial charge is 0.467 e. The monoisotopic (exact) mass is 832 g/mol. The van der Waals surface area contributed by atoms with Gasteiger partial charge in [-0.05, 0) is 54.1 Å². The molecule has 8 rings (SSSR count). The summed E-state index contributed by atoms with van der Waals surface area (Å²) in [5, 5.41) is 30.8. The molecule has 60 heavy (non-hydrogen) atoms. The van der Waals surface area contributed by atoms with Crippen molar-refractivity contribution in [1.29, 1.82) is 0 Å². The number of carbonyl (C=O) groups excluding carboxylic acids is 1. The quantitative estimate of drug-likeness (QED) is 0.0385. The molecule has 0 aliphatic rings. The Morgan fingerprint density at radius 3 is 1.93 bits per heavy atom. The van der Waals surface area contributed by atoms with Gasteiger partial charge < -0.3 is 35.1 Å². The molecule has 2 aromatic carbocycles. The summed E-state index contributed by atoms with van der Waals surface area (Å²) in [4.78, 5) is 38.9. The molecule has 0 atom stereocenters. The normalized spacial score (nSPS) is 11.4. The fourth-order valence-corrected chi connectivity index (χ4v) is 6.58. The highest BCUT2D eigenvalue weighted by Gasteiger charge is 2.21. The Labute approximate surface area is 341 Å². The number of hydrogen-bond acceptors (Lipinski definition) is 17. The summed E-state index contributed by atoms with van der Waals surface area (Å²) in [6.45, 7) is 9.42. The SMILES string of the molecule is CC(=O)Nc1ccc(Cn2nnc3c(-c4ccco4)nc(N)nc32)cc1.C[Si](C)(C)CCOCOc1cc([N+](=O)[O-])ccc1Cn1nnc2c(-c3ccco3)nc(N)nc21. The Balaban J connectivity index is 0.000000188. The standard InChI is InChI=1S/C21H25N7O5Si.C17H15N7O2/c1-34(2,3)10-9-31-13-33-17-11-15(28(29)30)7-6-14(17)12-27-20-19(25-26-27)18(23-21(22)24-20)16-5-4-8-32-16;1-10(25)19-12-6-4-11(5-7-12)9-24-16-15(22-23-24)14(20-17(18)21-16)13-3-2-8-26-13/h4-8,11H,9-10,12-13H2,1-3H3,(H2,22,23,24);2-8H,9H2,1H3,(H,19,25)(H2,18,20,21). The maximum atomic E-state index is 11.3. The second-order valence-corrected chi connectivity index (χ2v) is 20.2. The van der Waals surface area contributed by atoms with Crippen LogP contribution in [0.15, 0.2) is 88.1 Å². The zero-order chi connectivity index (χ0) is 42.4. The zero-order valence-corrected chi connectivity index (χ0v) is 34.0. The van der Waals surface area contributed by atoms with E-state index < -0.39 is 13.0 Å². The van der Waals surface area contributed by atoms with Crippen LogP contribution >= 0.6 is 0 Å². The maximum absolute atomic E-state index is 11.3. The summed E-state index contributed by atoms with van der Waals surface area (Å²) < 4.78 is 25.4. The number of fused-ring (bicyclic) bond motifs is 2. The second-order valence-electron chi connectivity index (χ2n) is 14.6. The zero-order valence-electron chi connectivity index (χ0n) is 33.0. The molecule has 0 saturated heterocycles. The van der Waals surface area contributed by atoms with E-state index in [0.29, 0.717) is 69.7 Å². The highest BCUT2D eigenvalue weighted by molar-refractivity contribution is 6.76. The molecule has 0 spiro atoms. The highest BCUT2D eigenvalue weighted by Crippen LogP contribution is 2.30. The van der Waals surface area contributed by atoms with Crippen LogP contribution in [0, 0.1) is 10.1 Å².